The quantitative estimate of drug-likeness (QED) is 0.913. The molecule has 2 amide bonds. The van der Waals surface area contributed by atoms with Crippen LogP contribution in [0.25, 0.3) is 0 Å². The van der Waals surface area contributed by atoms with Gasteiger partial charge in [-0.1, -0.05) is 18.9 Å². The van der Waals surface area contributed by atoms with E-state index in [9.17, 15) is 9.59 Å². The number of thiophene rings is 1. The molecule has 2 aliphatic rings. The third-order valence-electron chi connectivity index (χ3n) is 4.71. The number of piperazine rings is 1. The Morgan fingerprint density at radius 2 is 2.00 bits per heavy atom. The summed E-state index contributed by atoms with van der Waals surface area (Å²) in [4.78, 5) is 30.3. The molecule has 0 unspecified atom stereocenters. The average Bonchev–Trinajstić information content (AvgIpc) is 2.90. The Labute approximate surface area is 141 Å². The van der Waals surface area contributed by atoms with Gasteiger partial charge in [-0.15, -0.1) is 11.3 Å². The van der Waals surface area contributed by atoms with Gasteiger partial charge < -0.3 is 10.2 Å². The van der Waals surface area contributed by atoms with Crippen molar-refractivity contribution in [3.8, 4) is 0 Å². The Kier molecular flexibility index (Phi) is 5.67. The van der Waals surface area contributed by atoms with Crippen molar-refractivity contribution in [2.75, 3.05) is 26.2 Å². The van der Waals surface area contributed by atoms with E-state index in [1.54, 1.807) is 11.3 Å². The van der Waals surface area contributed by atoms with E-state index in [-0.39, 0.29) is 17.9 Å². The molecular formula is C17H25N3O2S. The molecule has 0 aromatic carbocycles. The normalized spacial score (nSPS) is 23.4. The maximum Gasteiger partial charge on any atom is 0.237 e. The van der Waals surface area contributed by atoms with E-state index in [1.165, 1.54) is 17.7 Å². The molecule has 0 saturated carbocycles. The van der Waals surface area contributed by atoms with Gasteiger partial charge in [0.2, 0.25) is 11.8 Å². The van der Waals surface area contributed by atoms with Crippen molar-refractivity contribution in [1.29, 1.82) is 0 Å². The van der Waals surface area contributed by atoms with Gasteiger partial charge in [-0.3, -0.25) is 14.5 Å². The number of nitrogens with one attached hydrogen (secondary N) is 1. The molecule has 2 aliphatic heterocycles. The van der Waals surface area contributed by atoms with Crippen LogP contribution in [0.1, 0.15) is 37.0 Å². The molecule has 1 aromatic heterocycles. The largest absolute Gasteiger partial charge is 0.353 e. The Morgan fingerprint density at radius 3 is 2.70 bits per heavy atom. The van der Waals surface area contributed by atoms with Gasteiger partial charge in [-0.2, -0.15) is 0 Å². The topological polar surface area (TPSA) is 52.7 Å². The van der Waals surface area contributed by atoms with Crippen LogP contribution in [0.3, 0.4) is 0 Å². The number of nitrogens with zero attached hydrogens (tertiary/aromatic N) is 2. The lowest BCUT2D eigenvalue weighted by Gasteiger charge is -2.35. The second-order valence-corrected chi connectivity index (χ2v) is 7.39. The second kappa shape index (κ2) is 7.93. The van der Waals surface area contributed by atoms with Crippen LogP contribution in [0.5, 0.6) is 0 Å². The predicted octanol–water partition coefficient (Wildman–Crippen LogP) is 1.84. The molecule has 2 fully saturated rings. The van der Waals surface area contributed by atoms with Gasteiger partial charge in [0, 0.05) is 37.6 Å². The number of carbonyl (C=O) groups excluding carboxylic acids is 2. The highest BCUT2D eigenvalue weighted by atomic mass is 32.1. The molecule has 0 aliphatic carbocycles. The maximum absolute atomic E-state index is 12.6. The van der Waals surface area contributed by atoms with Gasteiger partial charge in [0.1, 0.15) is 0 Å². The molecular weight excluding hydrogens is 310 g/mol. The summed E-state index contributed by atoms with van der Waals surface area (Å²) in [6.45, 7) is 3.92. The van der Waals surface area contributed by atoms with Crippen LogP contribution in [0.2, 0.25) is 0 Å². The summed E-state index contributed by atoms with van der Waals surface area (Å²) in [5.74, 6) is 0.126. The minimum atomic E-state index is -0.332. The summed E-state index contributed by atoms with van der Waals surface area (Å²) < 4.78 is 0. The Hall–Kier alpha value is -1.40. The fraction of sp³-hybridized carbons (Fsp3) is 0.647. The first-order chi connectivity index (χ1) is 11.2. The fourth-order valence-corrected chi connectivity index (χ4v) is 4.12. The van der Waals surface area contributed by atoms with E-state index < -0.39 is 0 Å². The SMILES string of the molecule is O=C1NCCN(Cc2cccs2)[C@H]1CC(=O)N1CCCCCC1. The number of hydrogen-bond donors (Lipinski definition) is 1. The van der Waals surface area contributed by atoms with E-state index in [0.717, 1.165) is 39.0 Å². The van der Waals surface area contributed by atoms with Crippen molar-refractivity contribution in [3.05, 3.63) is 22.4 Å². The lowest BCUT2D eigenvalue weighted by atomic mass is 10.1. The van der Waals surface area contributed by atoms with Crippen LogP contribution in [-0.2, 0) is 16.1 Å². The van der Waals surface area contributed by atoms with E-state index in [2.05, 4.69) is 21.7 Å². The molecule has 3 heterocycles. The Bertz CT molecular complexity index is 524. The zero-order valence-electron chi connectivity index (χ0n) is 13.5. The zero-order valence-corrected chi connectivity index (χ0v) is 14.3. The van der Waals surface area contributed by atoms with Gasteiger partial charge in [-0.05, 0) is 24.3 Å². The molecule has 1 atom stereocenters. The summed E-state index contributed by atoms with van der Waals surface area (Å²) in [6, 6.07) is 3.79. The van der Waals surface area contributed by atoms with Crippen LogP contribution in [0, 0.1) is 0 Å². The van der Waals surface area contributed by atoms with Crippen molar-refractivity contribution in [2.45, 2.75) is 44.7 Å². The van der Waals surface area contributed by atoms with Crippen molar-refractivity contribution in [3.63, 3.8) is 0 Å². The van der Waals surface area contributed by atoms with E-state index in [4.69, 9.17) is 0 Å². The molecule has 0 spiro atoms. The highest BCUT2D eigenvalue weighted by Gasteiger charge is 2.33. The van der Waals surface area contributed by atoms with Gasteiger partial charge in [0.05, 0.1) is 12.5 Å². The van der Waals surface area contributed by atoms with E-state index in [0.29, 0.717) is 13.0 Å². The van der Waals surface area contributed by atoms with Crippen LogP contribution in [0.4, 0.5) is 0 Å². The molecule has 1 N–H and O–H groups in total. The molecule has 2 saturated heterocycles. The molecule has 3 rings (SSSR count). The first-order valence-corrected chi connectivity index (χ1v) is 9.44. The number of likely N-dealkylation sites (tertiary alicyclic amines) is 1. The van der Waals surface area contributed by atoms with Crippen LogP contribution in [-0.4, -0.2) is 53.8 Å². The minimum absolute atomic E-state index is 0.00372. The third-order valence-corrected chi connectivity index (χ3v) is 5.57. The first-order valence-electron chi connectivity index (χ1n) is 8.56. The summed E-state index contributed by atoms with van der Waals surface area (Å²) in [5.41, 5.74) is 0. The van der Waals surface area contributed by atoms with Crippen molar-refractivity contribution in [2.24, 2.45) is 0 Å². The molecule has 1 aromatic rings. The fourth-order valence-electron chi connectivity index (χ4n) is 3.39. The summed E-state index contributed by atoms with van der Waals surface area (Å²) in [5, 5.41) is 4.97. The Balaban J connectivity index is 1.64. The van der Waals surface area contributed by atoms with Crippen molar-refractivity contribution in [1.82, 2.24) is 15.1 Å². The molecule has 6 heteroatoms. The van der Waals surface area contributed by atoms with Gasteiger partial charge in [0.15, 0.2) is 0 Å². The predicted molar refractivity (Wildman–Crippen MR) is 91.2 cm³/mol. The van der Waals surface area contributed by atoms with Gasteiger partial charge >= 0.3 is 0 Å². The number of carbonyl (C=O) groups is 2. The number of amides is 2. The molecule has 126 valence electrons. The highest BCUT2D eigenvalue weighted by molar-refractivity contribution is 7.09. The summed E-state index contributed by atoms with van der Waals surface area (Å²) in [6.07, 6.45) is 4.89. The van der Waals surface area contributed by atoms with Crippen molar-refractivity contribution < 1.29 is 9.59 Å². The maximum atomic E-state index is 12.6. The molecule has 23 heavy (non-hydrogen) atoms. The second-order valence-electron chi connectivity index (χ2n) is 6.36. The third kappa shape index (κ3) is 4.32. The lowest BCUT2D eigenvalue weighted by Crippen LogP contribution is -2.56. The Morgan fingerprint density at radius 1 is 1.22 bits per heavy atom. The number of rotatable bonds is 4. The highest BCUT2D eigenvalue weighted by Crippen LogP contribution is 2.19. The molecule has 0 radical (unpaired) electrons. The van der Waals surface area contributed by atoms with Gasteiger partial charge in [-0.25, -0.2) is 0 Å². The standard InChI is InChI=1S/C17H25N3O2S/c21-16(19-8-3-1-2-4-9-19)12-15-17(22)18-7-10-20(15)13-14-6-5-11-23-14/h5-6,11,15H,1-4,7-10,12-13H2,(H,18,22)/t15-/m0/s1. The average molecular weight is 335 g/mol. The first kappa shape index (κ1) is 16.5. The van der Waals surface area contributed by atoms with Crippen LogP contribution in [0.15, 0.2) is 17.5 Å². The smallest absolute Gasteiger partial charge is 0.237 e. The zero-order chi connectivity index (χ0) is 16.1. The summed E-state index contributed by atoms with van der Waals surface area (Å²) >= 11 is 1.70. The monoisotopic (exact) mass is 335 g/mol. The lowest BCUT2D eigenvalue weighted by molar-refractivity contribution is -0.139. The molecule has 5 nitrogen and oxygen atoms in total. The van der Waals surface area contributed by atoms with Crippen LogP contribution < -0.4 is 5.32 Å². The molecule has 0 bridgehead atoms. The summed E-state index contributed by atoms with van der Waals surface area (Å²) in [7, 11) is 0. The number of hydrogen-bond acceptors (Lipinski definition) is 4. The van der Waals surface area contributed by atoms with E-state index in [1.807, 2.05) is 11.0 Å². The van der Waals surface area contributed by atoms with Crippen molar-refractivity contribution >= 4 is 23.2 Å². The van der Waals surface area contributed by atoms with E-state index >= 15 is 0 Å². The van der Waals surface area contributed by atoms with Gasteiger partial charge in [0.25, 0.3) is 0 Å². The minimum Gasteiger partial charge on any atom is -0.353 e. The van der Waals surface area contributed by atoms with Crippen LogP contribution >= 0.6 is 11.3 Å².